The maximum atomic E-state index is 5.37. The minimum absolute atomic E-state index is 0.572. The Morgan fingerprint density at radius 1 is 1.16 bits per heavy atom. The van der Waals surface area contributed by atoms with E-state index in [0.717, 1.165) is 55.3 Å². The van der Waals surface area contributed by atoms with Crippen molar-refractivity contribution in [3.63, 3.8) is 0 Å². The lowest BCUT2D eigenvalue weighted by molar-refractivity contribution is 0.422. The van der Waals surface area contributed by atoms with Gasteiger partial charge < -0.3 is 15.2 Å². The second-order valence-electron chi connectivity index (χ2n) is 5.94. The summed E-state index contributed by atoms with van der Waals surface area (Å²) in [6, 6.07) is 8.11. The van der Waals surface area contributed by atoms with Gasteiger partial charge in [0.15, 0.2) is 11.8 Å². The number of rotatable bonds is 9. The highest BCUT2D eigenvalue weighted by molar-refractivity contribution is 5.79. The molecule has 25 heavy (non-hydrogen) atoms. The third-order valence-electron chi connectivity index (χ3n) is 3.70. The van der Waals surface area contributed by atoms with Crippen LogP contribution in [0.25, 0.3) is 11.5 Å². The van der Waals surface area contributed by atoms with Crippen LogP contribution in [0.1, 0.15) is 51.4 Å². The second kappa shape index (κ2) is 10.5. The minimum Gasteiger partial charge on any atom is -0.357 e. The van der Waals surface area contributed by atoms with Gasteiger partial charge in [0.05, 0.1) is 6.54 Å². The molecule has 0 aliphatic rings. The summed E-state index contributed by atoms with van der Waals surface area (Å²) in [7, 11) is 0. The fourth-order valence-corrected chi connectivity index (χ4v) is 2.39. The molecule has 0 saturated heterocycles. The lowest BCUT2D eigenvalue weighted by atomic mass is 10.1. The molecule has 0 unspecified atom stereocenters. The van der Waals surface area contributed by atoms with Gasteiger partial charge in [-0.15, -0.1) is 0 Å². The molecule has 0 bridgehead atoms. The van der Waals surface area contributed by atoms with Crippen LogP contribution in [0.15, 0.2) is 33.8 Å². The van der Waals surface area contributed by atoms with Crippen molar-refractivity contribution in [3.8, 4) is 11.5 Å². The van der Waals surface area contributed by atoms with E-state index in [4.69, 9.17) is 4.52 Å². The molecule has 2 N–H and O–H groups in total. The summed E-state index contributed by atoms with van der Waals surface area (Å²) in [6.45, 7) is 8.74. The highest BCUT2D eigenvalue weighted by Crippen LogP contribution is 2.19. The van der Waals surface area contributed by atoms with E-state index in [0.29, 0.717) is 12.4 Å². The van der Waals surface area contributed by atoms with Crippen molar-refractivity contribution in [1.29, 1.82) is 0 Å². The number of nitrogens with zero attached hydrogens (tertiary/aromatic N) is 3. The van der Waals surface area contributed by atoms with E-state index in [9.17, 15) is 0 Å². The van der Waals surface area contributed by atoms with Crippen molar-refractivity contribution in [2.24, 2.45) is 4.99 Å². The van der Waals surface area contributed by atoms with Crippen LogP contribution in [0.5, 0.6) is 0 Å². The van der Waals surface area contributed by atoms with Crippen LogP contribution >= 0.6 is 0 Å². The van der Waals surface area contributed by atoms with Crippen LogP contribution < -0.4 is 10.6 Å². The Kier molecular flexibility index (Phi) is 7.95. The fraction of sp³-hybridized carbons (Fsp3) is 0.526. The molecule has 1 aromatic heterocycles. The van der Waals surface area contributed by atoms with Gasteiger partial charge in [0.1, 0.15) is 0 Å². The van der Waals surface area contributed by atoms with Crippen molar-refractivity contribution < 1.29 is 4.52 Å². The van der Waals surface area contributed by atoms with Crippen molar-refractivity contribution in [3.05, 3.63) is 35.7 Å². The van der Waals surface area contributed by atoms with Crippen molar-refractivity contribution >= 4 is 5.96 Å². The molecule has 136 valence electrons. The van der Waals surface area contributed by atoms with E-state index in [2.05, 4.69) is 58.7 Å². The second-order valence-corrected chi connectivity index (χ2v) is 5.94. The molecule has 2 aromatic rings. The predicted molar refractivity (Wildman–Crippen MR) is 101 cm³/mol. The highest BCUT2D eigenvalue weighted by Gasteiger charge is 2.08. The quantitative estimate of drug-likeness (QED) is 0.414. The van der Waals surface area contributed by atoms with Crippen molar-refractivity contribution in [2.75, 3.05) is 13.1 Å². The number of unbranched alkanes of at least 4 members (excludes halogenated alkanes) is 1. The standard InChI is InChI=1S/C19H29N5O/c1-4-7-12-21-19(20-6-3)22-14-15-10-8-11-16(13-15)18-23-17(9-5-2)24-25-18/h8,10-11,13H,4-7,9,12,14H2,1-3H3,(H2,20,21,22). The first-order chi connectivity index (χ1) is 12.3. The summed E-state index contributed by atoms with van der Waals surface area (Å²) >= 11 is 0. The molecule has 0 spiro atoms. The number of aliphatic imine (C=N–C) groups is 1. The third-order valence-corrected chi connectivity index (χ3v) is 3.70. The Labute approximate surface area is 150 Å². The van der Waals surface area contributed by atoms with Crippen molar-refractivity contribution in [1.82, 2.24) is 20.8 Å². The monoisotopic (exact) mass is 343 g/mol. The molecule has 2 rings (SSSR count). The number of aryl methyl sites for hydroxylation is 1. The van der Waals surface area contributed by atoms with Crippen molar-refractivity contribution in [2.45, 2.75) is 53.0 Å². The maximum Gasteiger partial charge on any atom is 0.257 e. The average Bonchev–Trinajstić information content (AvgIpc) is 3.09. The first-order valence-electron chi connectivity index (χ1n) is 9.20. The molecule has 0 radical (unpaired) electrons. The SMILES string of the molecule is CCCCNC(=NCc1cccc(-c2nc(CCC)no2)c1)NCC. The van der Waals surface area contributed by atoms with Crippen LogP contribution in [-0.2, 0) is 13.0 Å². The number of benzene rings is 1. The first-order valence-corrected chi connectivity index (χ1v) is 9.20. The van der Waals surface area contributed by atoms with E-state index >= 15 is 0 Å². The van der Waals surface area contributed by atoms with E-state index in [1.807, 2.05) is 12.1 Å². The molecule has 6 nitrogen and oxygen atoms in total. The summed E-state index contributed by atoms with van der Waals surface area (Å²) in [5.41, 5.74) is 2.05. The molecule has 0 fully saturated rings. The first kappa shape index (κ1) is 19.0. The van der Waals surface area contributed by atoms with Gasteiger partial charge in [-0.3, -0.25) is 0 Å². The Morgan fingerprint density at radius 2 is 2.04 bits per heavy atom. The maximum absolute atomic E-state index is 5.37. The fourth-order valence-electron chi connectivity index (χ4n) is 2.39. The summed E-state index contributed by atoms with van der Waals surface area (Å²) in [5.74, 6) is 2.18. The summed E-state index contributed by atoms with van der Waals surface area (Å²) < 4.78 is 5.37. The van der Waals surface area contributed by atoms with E-state index in [-0.39, 0.29) is 0 Å². The van der Waals surface area contributed by atoms with Gasteiger partial charge in [-0.2, -0.15) is 4.98 Å². The van der Waals surface area contributed by atoms with Crippen LogP contribution in [-0.4, -0.2) is 29.2 Å². The Balaban J connectivity index is 2.04. The van der Waals surface area contributed by atoms with Gasteiger partial charge in [0.2, 0.25) is 0 Å². The molecule has 1 heterocycles. The average molecular weight is 343 g/mol. The minimum atomic E-state index is 0.572. The molecule has 0 saturated carbocycles. The molecule has 0 amide bonds. The molecule has 0 atom stereocenters. The summed E-state index contributed by atoms with van der Waals surface area (Å²) in [5, 5.41) is 10.6. The largest absolute Gasteiger partial charge is 0.357 e. The van der Waals surface area contributed by atoms with E-state index < -0.39 is 0 Å². The normalized spacial score (nSPS) is 11.6. The van der Waals surface area contributed by atoms with Gasteiger partial charge in [-0.05, 0) is 37.5 Å². The van der Waals surface area contributed by atoms with Gasteiger partial charge in [0, 0.05) is 25.1 Å². The zero-order valence-corrected chi connectivity index (χ0v) is 15.5. The molecule has 0 aliphatic heterocycles. The number of nitrogens with one attached hydrogen (secondary N) is 2. The van der Waals surface area contributed by atoms with Gasteiger partial charge in [-0.1, -0.05) is 37.6 Å². The predicted octanol–water partition coefficient (Wildman–Crippen LogP) is 3.54. The van der Waals surface area contributed by atoms with Gasteiger partial charge in [0.25, 0.3) is 5.89 Å². The Bertz CT molecular complexity index is 665. The third kappa shape index (κ3) is 6.21. The molecular weight excluding hydrogens is 314 g/mol. The van der Waals surface area contributed by atoms with Crippen LogP contribution in [0.4, 0.5) is 0 Å². The lowest BCUT2D eigenvalue weighted by Crippen LogP contribution is -2.37. The topological polar surface area (TPSA) is 75.3 Å². The zero-order valence-electron chi connectivity index (χ0n) is 15.5. The summed E-state index contributed by atoms with van der Waals surface area (Å²) in [6.07, 6.45) is 4.14. The van der Waals surface area contributed by atoms with Gasteiger partial charge in [-0.25, -0.2) is 4.99 Å². The van der Waals surface area contributed by atoms with E-state index in [1.54, 1.807) is 0 Å². The van der Waals surface area contributed by atoms with Crippen LogP contribution in [0.3, 0.4) is 0 Å². The van der Waals surface area contributed by atoms with E-state index in [1.165, 1.54) is 6.42 Å². The zero-order chi connectivity index (χ0) is 17.9. The summed E-state index contributed by atoms with van der Waals surface area (Å²) in [4.78, 5) is 9.10. The highest BCUT2D eigenvalue weighted by atomic mass is 16.5. The molecule has 0 aliphatic carbocycles. The van der Waals surface area contributed by atoms with Crippen LogP contribution in [0.2, 0.25) is 0 Å². The Hall–Kier alpha value is -2.37. The molecule has 6 heteroatoms. The number of aromatic nitrogens is 2. The number of hydrogen-bond acceptors (Lipinski definition) is 4. The smallest absolute Gasteiger partial charge is 0.257 e. The lowest BCUT2D eigenvalue weighted by Gasteiger charge is -2.10. The Morgan fingerprint density at radius 3 is 2.80 bits per heavy atom. The molecular formula is C19H29N5O. The number of guanidine groups is 1. The van der Waals surface area contributed by atoms with Gasteiger partial charge >= 0.3 is 0 Å². The molecule has 1 aromatic carbocycles. The van der Waals surface area contributed by atoms with Crippen LogP contribution in [0, 0.1) is 0 Å². The number of hydrogen-bond donors (Lipinski definition) is 2.